The number of amides is 1. The van der Waals surface area contributed by atoms with Crippen molar-refractivity contribution < 1.29 is 58.9 Å². The van der Waals surface area contributed by atoms with Gasteiger partial charge in [0.15, 0.2) is 11.9 Å². The van der Waals surface area contributed by atoms with E-state index in [0.717, 1.165) is 6.92 Å². The lowest BCUT2D eigenvalue weighted by atomic mass is 9.45. The number of rotatable bonds is 6. The van der Waals surface area contributed by atoms with Crippen molar-refractivity contribution in [1.82, 2.24) is 5.32 Å². The number of carbonyl (C=O) groups excluding carboxylic acids is 4. The van der Waals surface area contributed by atoms with Crippen LogP contribution < -0.4 is 5.32 Å². The highest BCUT2D eigenvalue weighted by atomic mass is 16.6. The lowest BCUT2D eigenvalue weighted by Crippen LogP contribution is -2.81. The molecule has 1 amide bonds. The predicted octanol–water partition coefficient (Wildman–Crippen LogP) is 0.00630. The van der Waals surface area contributed by atoms with Gasteiger partial charge in [-0.25, -0.2) is 4.79 Å². The molecule has 0 aromatic heterocycles. The maximum Gasteiger partial charge on any atom is 0.338 e. The molecule has 13 nitrogen and oxygen atoms in total. The molecule has 6 N–H and O–H groups in total. The van der Waals surface area contributed by atoms with Crippen molar-refractivity contribution in [3.05, 3.63) is 47.0 Å². The molecule has 1 aromatic rings. The van der Waals surface area contributed by atoms with E-state index in [1.165, 1.54) is 20.8 Å². The first-order valence-electron chi connectivity index (χ1n) is 15.4. The Kier molecular flexibility index (Phi) is 8.53. The quantitative estimate of drug-likeness (QED) is 0.179. The van der Waals surface area contributed by atoms with Gasteiger partial charge >= 0.3 is 11.9 Å². The highest BCUT2D eigenvalue weighted by molar-refractivity contribution is 5.93. The van der Waals surface area contributed by atoms with Gasteiger partial charge in [-0.05, 0) is 30.6 Å². The van der Waals surface area contributed by atoms with Gasteiger partial charge in [-0.2, -0.15) is 0 Å². The Bertz CT molecular complexity index is 1460. The van der Waals surface area contributed by atoms with Crippen molar-refractivity contribution in [3.63, 3.8) is 0 Å². The maximum atomic E-state index is 14.3. The van der Waals surface area contributed by atoms with E-state index in [4.69, 9.17) is 14.2 Å². The van der Waals surface area contributed by atoms with Crippen LogP contribution in [0.1, 0.15) is 66.0 Å². The van der Waals surface area contributed by atoms with Crippen molar-refractivity contribution in [3.8, 4) is 0 Å². The molecule has 5 rings (SSSR count). The standard InChI is InChI=1S/C33H43NO12/c1-15-19(46-29(41)25(39)23(34-16(2)35)18-10-8-7-9-11-18)13-33(43)28(45-17(3)36)26-31(6,20(37)12-21-32(26,42)14-44-21)27(40)24(38)22(15)30(33,4)5/h7-11,19-21,23-26,28,37-39,42-43H,12-14H2,1-6H3,(H,34,35)/t19?,20?,21?,23?,24?,25?,26?,28?,31-,32+,33?/m1/s1. The van der Waals surface area contributed by atoms with Gasteiger partial charge in [0.05, 0.1) is 30.3 Å². The number of carbonyl (C=O) groups is 4. The van der Waals surface area contributed by atoms with Gasteiger partial charge in [0.1, 0.15) is 29.5 Å². The minimum Gasteiger partial charge on any atom is -0.459 e. The van der Waals surface area contributed by atoms with Crippen molar-refractivity contribution in [1.29, 1.82) is 0 Å². The molecule has 0 radical (unpaired) electrons. The summed E-state index contributed by atoms with van der Waals surface area (Å²) in [6.07, 6.45) is -9.80. The van der Waals surface area contributed by atoms with Crippen LogP contribution in [0.5, 0.6) is 0 Å². The smallest absolute Gasteiger partial charge is 0.338 e. The van der Waals surface area contributed by atoms with Crippen molar-refractivity contribution in [2.75, 3.05) is 6.61 Å². The van der Waals surface area contributed by atoms with Crippen LogP contribution >= 0.6 is 0 Å². The van der Waals surface area contributed by atoms with E-state index < -0.39 is 101 Å². The summed E-state index contributed by atoms with van der Waals surface area (Å²) in [5.74, 6) is -4.84. The third kappa shape index (κ3) is 4.90. The number of hydrogen-bond donors (Lipinski definition) is 6. The second-order valence-corrected chi connectivity index (χ2v) is 13.9. The average molecular weight is 646 g/mol. The molecule has 3 fully saturated rings. The van der Waals surface area contributed by atoms with Crippen molar-refractivity contribution in [2.24, 2.45) is 16.7 Å². The number of ether oxygens (including phenoxy) is 3. The first-order valence-corrected chi connectivity index (χ1v) is 15.4. The summed E-state index contributed by atoms with van der Waals surface area (Å²) < 4.78 is 17.1. The second kappa shape index (κ2) is 11.5. The Labute approximate surface area is 266 Å². The summed E-state index contributed by atoms with van der Waals surface area (Å²) in [6.45, 7) is 8.05. The largest absolute Gasteiger partial charge is 0.459 e. The van der Waals surface area contributed by atoms with Gasteiger partial charge in [0.25, 0.3) is 0 Å². The number of nitrogens with one attached hydrogen (secondary N) is 1. The zero-order valence-electron chi connectivity index (χ0n) is 26.7. The van der Waals surface area contributed by atoms with E-state index in [1.54, 1.807) is 44.2 Å². The average Bonchev–Trinajstić information content (AvgIpc) is 2.98. The normalized spacial score (nSPS) is 39.3. The molecule has 0 spiro atoms. The van der Waals surface area contributed by atoms with E-state index in [0.29, 0.717) is 5.56 Å². The van der Waals surface area contributed by atoms with Crippen LogP contribution in [0, 0.1) is 16.7 Å². The highest BCUT2D eigenvalue weighted by Crippen LogP contribution is 2.63. The molecular formula is C33H43NO12. The van der Waals surface area contributed by atoms with E-state index in [-0.39, 0.29) is 24.2 Å². The molecule has 1 aliphatic heterocycles. The van der Waals surface area contributed by atoms with Gasteiger partial charge in [0, 0.05) is 38.0 Å². The number of esters is 2. The van der Waals surface area contributed by atoms with E-state index in [2.05, 4.69) is 5.32 Å². The summed E-state index contributed by atoms with van der Waals surface area (Å²) in [4.78, 5) is 52.5. The first-order chi connectivity index (χ1) is 21.3. The molecule has 2 bridgehead atoms. The fourth-order valence-corrected chi connectivity index (χ4v) is 8.37. The Morgan fingerprint density at radius 1 is 1.04 bits per heavy atom. The Hall–Kier alpha value is -3.20. The second-order valence-electron chi connectivity index (χ2n) is 13.9. The zero-order chi connectivity index (χ0) is 34.1. The summed E-state index contributed by atoms with van der Waals surface area (Å²) >= 11 is 0. The number of aliphatic hydroxyl groups excluding tert-OH is 3. The highest BCUT2D eigenvalue weighted by Gasteiger charge is 2.76. The molecular weight excluding hydrogens is 602 g/mol. The molecule has 46 heavy (non-hydrogen) atoms. The summed E-state index contributed by atoms with van der Waals surface area (Å²) in [7, 11) is 0. The monoisotopic (exact) mass is 645 g/mol. The Morgan fingerprint density at radius 3 is 2.22 bits per heavy atom. The lowest BCUT2D eigenvalue weighted by Gasteiger charge is -2.66. The number of hydrogen-bond acceptors (Lipinski definition) is 12. The van der Waals surface area contributed by atoms with Crippen LogP contribution in [-0.4, -0.2) is 104 Å². The minimum atomic E-state index is -2.21. The molecule has 2 saturated carbocycles. The van der Waals surface area contributed by atoms with Crippen molar-refractivity contribution >= 4 is 23.6 Å². The van der Waals surface area contributed by atoms with Crippen LogP contribution in [-0.2, 0) is 33.4 Å². The van der Waals surface area contributed by atoms with E-state index in [1.807, 2.05) is 0 Å². The van der Waals surface area contributed by atoms with Gasteiger partial charge in [-0.3, -0.25) is 14.4 Å². The first kappa shape index (κ1) is 34.1. The molecule has 9 unspecified atom stereocenters. The van der Waals surface area contributed by atoms with Crippen LogP contribution in [0.3, 0.4) is 0 Å². The number of aliphatic hydroxyl groups is 5. The topological polar surface area (TPSA) is 209 Å². The van der Waals surface area contributed by atoms with Crippen LogP contribution in [0.2, 0.25) is 0 Å². The number of benzene rings is 1. The summed E-state index contributed by atoms with van der Waals surface area (Å²) in [5.41, 5.74) is -6.83. The number of Topliss-reactive ketones (excluding diaryl/α,β-unsaturated/α-hetero) is 1. The van der Waals surface area contributed by atoms with Gasteiger partial charge < -0.3 is 45.1 Å². The van der Waals surface area contributed by atoms with E-state index in [9.17, 15) is 44.7 Å². The van der Waals surface area contributed by atoms with Gasteiger partial charge in [-0.1, -0.05) is 44.2 Å². The Morgan fingerprint density at radius 2 is 1.67 bits per heavy atom. The molecule has 11 atom stereocenters. The molecule has 13 heteroatoms. The molecule has 1 heterocycles. The molecule has 4 aliphatic rings. The molecule has 252 valence electrons. The minimum absolute atomic E-state index is 0.0111. The number of fused-ring (bicyclic) bond motifs is 5. The maximum absolute atomic E-state index is 14.3. The van der Waals surface area contributed by atoms with Gasteiger partial charge in [0.2, 0.25) is 5.91 Å². The summed E-state index contributed by atoms with van der Waals surface area (Å²) in [5, 5.41) is 61.5. The predicted molar refractivity (Wildman–Crippen MR) is 158 cm³/mol. The molecule has 1 aromatic carbocycles. The molecule has 3 aliphatic carbocycles. The fraction of sp³-hybridized carbons (Fsp3) is 0.636. The SMILES string of the molecule is CC(=O)NC(c1ccccc1)C(O)C(=O)OC1CC2(O)C(OC(C)=O)C3[C@]4(O)COC4CC(O)[C@@]3(C)C(=O)C(O)C(=C1C)C2(C)C. The number of ketones is 1. The van der Waals surface area contributed by atoms with Gasteiger partial charge in [-0.15, -0.1) is 0 Å². The third-order valence-corrected chi connectivity index (χ3v) is 11.0. The summed E-state index contributed by atoms with van der Waals surface area (Å²) in [6, 6.07) is 7.08. The van der Waals surface area contributed by atoms with Crippen LogP contribution in [0.15, 0.2) is 41.5 Å². The van der Waals surface area contributed by atoms with Crippen molar-refractivity contribution in [2.45, 2.75) is 108 Å². The van der Waals surface area contributed by atoms with Crippen LogP contribution in [0.4, 0.5) is 0 Å². The third-order valence-electron chi connectivity index (χ3n) is 11.0. The lowest BCUT2D eigenvalue weighted by molar-refractivity contribution is -0.345. The van der Waals surface area contributed by atoms with E-state index >= 15 is 0 Å². The Balaban J connectivity index is 1.63. The van der Waals surface area contributed by atoms with Crippen LogP contribution in [0.25, 0.3) is 0 Å². The molecule has 1 saturated heterocycles. The fourth-order valence-electron chi connectivity index (χ4n) is 8.37. The zero-order valence-corrected chi connectivity index (χ0v) is 26.7.